The number of carbonyl (C=O) groups is 1. The summed E-state index contributed by atoms with van der Waals surface area (Å²) in [4.78, 5) is 30.3. The van der Waals surface area contributed by atoms with Crippen LogP contribution in [0.5, 0.6) is 0 Å². The van der Waals surface area contributed by atoms with E-state index in [9.17, 15) is 14.0 Å². The first kappa shape index (κ1) is 15.7. The minimum atomic E-state index is -1.12. The van der Waals surface area contributed by atoms with E-state index < -0.39 is 5.97 Å². The van der Waals surface area contributed by atoms with E-state index >= 15 is 0 Å². The summed E-state index contributed by atoms with van der Waals surface area (Å²) in [5.74, 6) is -1.34. The summed E-state index contributed by atoms with van der Waals surface area (Å²) in [6, 6.07) is 11.1. The van der Waals surface area contributed by atoms with Gasteiger partial charge in [-0.25, -0.2) is 18.9 Å². The highest BCUT2D eigenvalue weighted by atomic mass is 19.1. The van der Waals surface area contributed by atoms with Crippen LogP contribution in [0.25, 0.3) is 28.0 Å². The zero-order valence-corrected chi connectivity index (χ0v) is 13.2. The molecule has 4 aromatic rings. The molecule has 0 bridgehead atoms. The Balaban J connectivity index is 1.81. The van der Waals surface area contributed by atoms with Crippen LogP contribution < -0.4 is 5.56 Å². The number of nitrogens with one attached hydrogen (secondary N) is 1. The third-order valence-electron chi connectivity index (χ3n) is 3.92. The number of hydrogen-bond donors (Lipinski definition) is 2. The average Bonchev–Trinajstić information content (AvgIpc) is 3.13. The average molecular weight is 350 g/mol. The molecule has 0 saturated carbocycles. The third kappa shape index (κ3) is 2.73. The zero-order valence-electron chi connectivity index (χ0n) is 13.2. The van der Waals surface area contributed by atoms with Crippen molar-refractivity contribution in [2.75, 3.05) is 0 Å². The van der Waals surface area contributed by atoms with Crippen molar-refractivity contribution in [3.05, 3.63) is 76.6 Å². The lowest BCUT2D eigenvalue weighted by Crippen LogP contribution is -2.14. The van der Waals surface area contributed by atoms with Crippen LogP contribution in [0.15, 0.2) is 59.7 Å². The van der Waals surface area contributed by atoms with E-state index in [1.54, 1.807) is 30.3 Å². The van der Waals surface area contributed by atoms with Crippen molar-refractivity contribution in [2.45, 2.75) is 0 Å². The van der Waals surface area contributed by atoms with Gasteiger partial charge < -0.3 is 5.11 Å². The highest BCUT2D eigenvalue weighted by molar-refractivity contribution is 5.87. The molecule has 4 rings (SSSR count). The number of carboxylic acid groups (broad SMARTS) is 1. The summed E-state index contributed by atoms with van der Waals surface area (Å²) >= 11 is 0. The van der Waals surface area contributed by atoms with Crippen LogP contribution >= 0.6 is 0 Å². The molecule has 0 radical (unpaired) electrons. The fourth-order valence-electron chi connectivity index (χ4n) is 2.61. The molecule has 0 unspecified atom stereocenters. The van der Waals surface area contributed by atoms with Crippen LogP contribution in [0.4, 0.5) is 4.39 Å². The summed E-state index contributed by atoms with van der Waals surface area (Å²) in [7, 11) is 0. The van der Waals surface area contributed by atoms with Crippen LogP contribution in [0.1, 0.15) is 10.4 Å². The van der Waals surface area contributed by atoms with Gasteiger partial charge in [0.1, 0.15) is 5.82 Å². The predicted molar refractivity (Wildman–Crippen MR) is 91.8 cm³/mol. The second-order valence-electron chi connectivity index (χ2n) is 5.61. The van der Waals surface area contributed by atoms with Gasteiger partial charge in [-0.15, -0.1) is 0 Å². The summed E-state index contributed by atoms with van der Waals surface area (Å²) in [6.45, 7) is 0. The number of hydrogen-bond acceptors (Lipinski definition) is 4. The van der Waals surface area contributed by atoms with Crippen molar-refractivity contribution in [3.63, 3.8) is 0 Å². The van der Waals surface area contributed by atoms with Crippen LogP contribution in [0, 0.1) is 5.82 Å². The molecule has 0 atom stereocenters. The van der Waals surface area contributed by atoms with Crippen LogP contribution in [0.2, 0.25) is 0 Å². The third-order valence-corrected chi connectivity index (χ3v) is 3.92. The number of H-pyrrole nitrogens is 1. The highest BCUT2D eigenvalue weighted by Crippen LogP contribution is 2.22. The van der Waals surface area contributed by atoms with E-state index in [1.165, 1.54) is 29.2 Å². The van der Waals surface area contributed by atoms with Gasteiger partial charge in [-0.05, 0) is 35.4 Å². The maximum Gasteiger partial charge on any atom is 0.338 e. The number of fused-ring (bicyclic) bond motifs is 1. The number of halogens is 1. The topological polar surface area (TPSA) is 101 Å². The molecule has 128 valence electrons. The predicted octanol–water partition coefficient (Wildman–Crippen LogP) is 2.61. The zero-order chi connectivity index (χ0) is 18.3. The van der Waals surface area contributed by atoms with E-state index in [0.29, 0.717) is 10.9 Å². The van der Waals surface area contributed by atoms with Crippen LogP contribution in [-0.4, -0.2) is 30.8 Å². The molecule has 8 heteroatoms. The molecule has 0 saturated heterocycles. The number of aromatic amines is 1. The molecule has 0 aliphatic carbocycles. The molecular formula is C18H11FN4O3. The van der Waals surface area contributed by atoms with Gasteiger partial charge in [0.25, 0.3) is 5.56 Å². The summed E-state index contributed by atoms with van der Waals surface area (Å²) in [5, 5.41) is 13.2. The quantitative estimate of drug-likeness (QED) is 0.591. The Morgan fingerprint density at radius 3 is 2.54 bits per heavy atom. The second kappa shape index (κ2) is 5.92. The van der Waals surface area contributed by atoms with Gasteiger partial charge in [0.2, 0.25) is 5.95 Å². The van der Waals surface area contributed by atoms with Gasteiger partial charge in [0.15, 0.2) is 0 Å². The molecule has 2 heterocycles. The Kier molecular flexibility index (Phi) is 3.58. The first-order valence-electron chi connectivity index (χ1n) is 7.59. The van der Waals surface area contributed by atoms with Crippen LogP contribution in [-0.2, 0) is 0 Å². The Morgan fingerprint density at radius 1 is 1.12 bits per heavy atom. The van der Waals surface area contributed by atoms with Crippen LogP contribution in [0.3, 0.4) is 0 Å². The van der Waals surface area contributed by atoms with Gasteiger partial charge in [-0.2, -0.15) is 5.10 Å². The number of rotatable bonds is 3. The molecule has 2 aromatic heterocycles. The second-order valence-corrected chi connectivity index (χ2v) is 5.61. The first-order chi connectivity index (χ1) is 12.5. The molecule has 2 N–H and O–H groups in total. The van der Waals surface area contributed by atoms with Gasteiger partial charge in [0.05, 0.1) is 22.7 Å². The van der Waals surface area contributed by atoms with Gasteiger partial charge in [-0.3, -0.25) is 9.78 Å². The minimum Gasteiger partial charge on any atom is -0.478 e. The van der Waals surface area contributed by atoms with Crippen molar-refractivity contribution in [1.82, 2.24) is 19.7 Å². The minimum absolute atomic E-state index is 0.0144. The Labute approximate surface area is 145 Å². The van der Waals surface area contributed by atoms with Gasteiger partial charge in [0, 0.05) is 6.20 Å². The maximum absolute atomic E-state index is 13.1. The fourth-order valence-corrected chi connectivity index (χ4v) is 2.61. The van der Waals surface area contributed by atoms with E-state index in [4.69, 9.17) is 5.11 Å². The highest BCUT2D eigenvalue weighted by Gasteiger charge is 2.11. The molecule has 0 spiro atoms. The van der Waals surface area contributed by atoms with E-state index in [2.05, 4.69) is 15.1 Å². The standard InChI is InChI=1S/C18H11FN4O3/c19-13-4-1-10(2-5-13)11-3-6-15-14(7-11)16(24)22-18(21-15)23-9-12(8-20-23)17(25)26/h1-9H,(H,25,26)(H,21,22,24). The molecule has 7 nitrogen and oxygen atoms in total. The summed E-state index contributed by atoms with van der Waals surface area (Å²) < 4.78 is 14.3. The first-order valence-corrected chi connectivity index (χ1v) is 7.59. The largest absolute Gasteiger partial charge is 0.478 e. The van der Waals surface area contributed by atoms with Crippen molar-refractivity contribution in [3.8, 4) is 17.1 Å². The van der Waals surface area contributed by atoms with E-state index in [-0.39, 0.29) is 22.9 Å². The van der Waals surface area contributed by atoms with E-state index in [1.807, 2.05) is 0 Å². The number of carboxylic acids is 1. The molecular weight excluding hydrogens is 339 g/mol. The van der Waals surface area contributed by atoms with Crippen molar-refractivity contribution in [1.29, 1.82) is 0 Å². The molecule has 2 aromatic carbocycles. The van der Waals surface area contributed by atoms with Crippen molar-refractivity contribution < 1.29 is 14.3 Å². The van der Waals surface area contributed by atoms with E-state index in [0.717, 1.165) is 11.1 Å². The van der Waals surface area contributed by atoms with Crippen molar-refractivity contribution >= 4 is 16.9 Å². The monoisotopic (exact) mass is 350 g/mol. The maximum atomic E-state index is 13.1. The molecule has 0 aliphatic heterocycles. The number of nitrogens with zero attached hydrogens (tertiary/aromatic N) is 3. The van der Waals surface area contributed by atoms with Crippen molar-refractivity contribution in [2.24, 2.45) is 0 Å². The SMILES string of the molecule is O=C(O)c1cnn(-c2nc3ccc(-c4ccc(F)cc4)cc3c(=O)[nH]2)c1. The van der Waals surface area contributed by atoms with Gasteiger partial charge in [-0.1, -0.05) is 18.2 Å². The molecule has 0 fully saturated rings. The Morgan fingerprint density at radius 2 is 1.85 bits per heavy atom. The van der Waals surface area contributed by atoms with Gasteiger partial charge >= 0.3 is 5.97 Å². The molecule has 26 heavy (non-hydrogen) atoms. The molecule has 0 aliphatic rings. The normalized spacial score (nSPS) is 11.0. The lowest BCUT2D eigenvalue weighted by Gasteiger charge is -2.05. The molecule has 0 amide bonds. The number of aromatic carboxylic acids is 1. The summed E-state index contributed by atoms with van der Waals surface area (Å²) in [5.41, 5.74) is 1.56. The summed E-state index contributed by atoms with van der Waals surface area (Å²) in [6.07, 6.45) is 2.43. The number of benzene rings is 2. The lowest BCUT2D eigenvalue weighted by atomic mass is 10.0. The fraction of sp³-hybridized carbons (Fsp3) is 0. The Hall–Kier alpha value is -3.81. The smallest absolute Gasteiger partial charge is 0.338 e. The Bertz CT molecular complexity index is 1200. The number of aromatic nitrogens is 4. The lowest BCUT2D eigenvalue weighted by molar-refractivity contribution is 0.0697.